The van der Waals surface area contributed by atoms with Gasteiger partial charge < -0.3 is 26.4 Å². The minimum atomic E-state index is -1.13. The number of carboxylic acids is 1. The Balaban J connectivity index is 3.48. The zero-order chi connectivity index (χ0) is 12.6. The van der Waals surface area contributed by atoms with E-state index in [1.54, 1.807) is 0 Å². The molecule has 2 amide bonds. The molecule has 7 heteroatoms. The van der Waals surface area contributed by atoms with Crippen molar-refractivity contribution in [2.45, 2.75) is 12.5 Å². The average molecular weight is 232 g/mol. The molecule has 0 aromatic heterocycles. The van der Waals surface area contributed by atoms with Crippen molar-refractivity contribution in [2.24, 2.45) is 5.73 Å². The first-order chi connectivity index (χ1) is 7.43. The van der Waals surface area contributed by atoms with Crippen molar-refractivity contribution in [3.63, 3.8) is 0 Å². The van der Waals surface area contributed by atoms with Crippen molar-refractivity contribution in [3.05, 3.63) is 0 Å². The Morgan fingerprint density at radius 1 is 1.38 bits per heavy atom. The maximum atomic E-state index is 11.1. The molecule has 0 saturated heterocycles. The number of urea groups is 1. The monoisotopic (exact) mass is 232 g/mol. The first kappa shape index (κ1) is 14.7. The van der Waals surface area contributed by atoms with Crippen LogP contribution < -0.4 is 16.4 Å². The molecular formula is C9H20N4O3. The van der Waals surface area contributed by atoms with Crippen LogP contribution in [0, 0.1) is 0 Å². The molecule has 7 nitrogen and oxygen atoms in total. The number of hydrogen-bond acceptors (Lipinski definition) is 4. The summed E-state index contributed by atoms with van der Waals surface area (Å²) in [7, 11) is 3.90. The van der Waals surface area contributed by atoms with Gasteiger partial charge in [-0.2, -0.15) is 0 Å². The van der Waals surface area contributed by atoms with Crippen molar-refractivity contribution in [2.75, 3.05) is 33.7 Å². The van der Waals surface area contributed by atoms with Gasteiger partial charge in [-0.05, 0) is 27.1 Å². The van der Waals surface area contributed by atoms with Crippen molar-refractivity contribution in [1.29, 1.82) is 0 Å². The van der Waals surface area contributed by atoms with Gasteiger partial charge in [-0.3, -0.25) is 4.79 Å². The highest BCUT2D eigenvalue weighted by Gasteiger charge is 2.11. The first-order valence-electron chi connectivity index (χ1n) is 5.08. The molecule has 0 heterocycles. The molecule has 1 atom stereocenters. The smallest absolute Gasteiger partial charge is 0.322 e. The number of carbonyl (C=O) groups is 2. The standard InChI is InChI=1S/C9H20N4O3/c1-13(2)5-3-4-11-9(16)12-6-7(10)8(14)15/h7H,3-6,10H2,1-2H3,(H,14,15)(H2,11,12,16). The summed E-state index contributed by atoms with van der Waals surface area (Å²) in [6.07, 6.45) is 0.839. The van der Waals surface area contributed by atoms with Gasteiger partial charge in [0.25, 0.3) is 0 Å². The van der Waals surface area contributed by atoms with E-state index in [1.165, 1.54) is 0 Å². The second kappa shape index (κ2) is 7.89. The minimum Gasteiger partial charge on any atom is -0.480 e. The number of rotatable bonds is 7. The van der Waals surface area contributed by atoms with Crippen molar-refractivity contribution >= 4 is 12.0 Å². The van der Waals surface area contributed by atoms with Gasteiger partial charge in [0.15, 0.2) is 0 Å². The molecule has 0 bridgehead atoms. The third kappa shape index (κ3) is 8.01. The van der Waals surface area contributed by atoms with Crippen LogP contribution in [-0.4, -0.2) is 61.8 Å². The van der Waals surface area contributed by atoms with E-state index in [2.05, 4.69) is 10.6 Å². The zero-order valence-corrected chi connectivity index (χ0v) is 9.69. The minimum absolute atomic E-state index is 0.0746. The lowest BCUT2D eigenvalue weighted by Crippen LogP contribution is -2.46. The van der Waals surface area contributed by atoms with E-state index in [9.17, 15) is 9.59 Å². The van der Waals surface area contributed by atoms with Crippen molar-refractivity contribution in [1.82, 2.24) is 15.5 Å². The van der Waals surface area contributed by atoms with Crippen LogP contribution in [0.2, 0.25) is 0 Å². The lowest BCUT2D eigenvalue weighted by Gasteiger charge is -2.11. The molecule has 0 aliphatic heterocycles. The molecule has 94 valence electrons. The van der Waals surface area contributed by atoms with E-state index in [4.69, 9.17) is 10.8 Å². The Morgan fingerprint density at radius 2 is 2.00 bits per heavy atom. The molecule has 0 radical (unpaired) electrons. The van der Waals surface area contributed by atoms with E-state index >= 15 is 0 Å². The van der Waals surface area contributed by atoms with Gasteiger partial charge in [-0.1, -0.05) is 0 Å². The van der Waals surface area contributed by atoms with Crippen LogP contribution in [0.5, 0.6) is 0 Å². The summed E-state index contributed by atoms with van der Waals surface area (Å²) in [5, 5.41) is 13.5. The Labute approximate surface area is 95.0 Å². The highest BCUT2D eigenvalue weighted by Crippen LogP contribution is 1.81. The maximum absolute atomic E-state index is 11.1. The fraction of sp³-hybridized carbons (Fsp3) is 0.778. The summed E-state index contributed by atoms with van der Waals surface area (Å²) in [6.45, 7) is 1.36. The van der Waals surface area contributed by atoms with Crippen molar-refractivity contribution in [3.8, 4) is 0 Å². The first-order valence-corrected chi connectivity index (χ1v) is 5.08. The van der Waals surface area contributed by atoms with Crippen LogP contribution in [-0.2, 0) is 4.79 Å². The molecule has 0 aliphatic rings. The Kier molecular flexibility index (Phi) is 7.23. The predicted molar refractivity (Wildman–Crippen MR) is 60.2 cm³/mol. The van der Waals surface area contributed by atoms with E-state index in [-0.39, 0.29) is 6.54 Å². The van der Waals surface area contributed by atoms with Crippen LogP contribution in [0.1, 0.15) is 6.42 Å². The average Bonchev–Trinajstić information content (AvgIpc) is 2.20. The maximum Gasteiger partial charge on any atom is 0.322 e. The Morgan fingerprint density at radius 3 is 2.50 bits per heavy atom. The molecular weight excluding hydrogens is 212 g/mol. The summed E-state index contributed by atoms with van der Waals surface area (Å²) in [4.78, 5) is 23.5. The predicted octanol–water partition coefficient (Wildman–Crippen LogP) is -1.35. The summed E-state index contributed by atoms with van der Waals surface area (Å²) in [5.74, 6) is -1.13. The van der Waals surface area contributed by atoms with Crippen LogP contribution in [0.4, 0.5) is 4.79 Å². The van der Waals surface area contributed by atoms with E-state index in [1.807, 2.05) is 19.0 Å². The summed E-state index contributed by atoms with van der Waals surface area (Å²) < 4.78 is 0. The van der Waals surface area contributed by atoms with E-state index in [0.29, 0.717) is 6.54 Å². The molecule has 0 aliphatic carbocycles. The Hall–Kier alpha value is -1.34. The number of nitrogens with two attached hydrogens (primary N) is 1. The number of hydrogen-bond donors (Lipinski definition) is 4. The highest BCUT2D eigenvalue weighted by molar-refractivity contribution is 5.77. The van der Waals surface area contributed by atoms with Gasteiger partial charge in [-0.15, -0.1) is 0 Å². The number of carbonyl (C=O) groups excluding carboxylic acids is 1. The fourth-order valence-corrected chi connectivity index (χ4v) is 0.950. The van der Waals surface area contributed by atoms with Gasteiger partial charge in [0.1, 0.15) is 6.04 Å². The van der Waals surface area contributed by atoms with Crippen LogP contribution in [0.25, 0.3) is 0 Å². The molecule has 1 unspecified atom stereocenters. The molecule has 0 saturated carbocycles. The number of nitrogens with zero attached hydrogens (tertiary/aromatic N) is 1. The lowest BCUT2D eigenvalue weighted by atomic mass is 10.3. The summed E-state index contributed by atoms with van der Waals surface area (Å²) in [6, 6.07) is -1.46. The molecule has 5 N–H and O–H groups in total. The third-order valence-corrected chi connectivity index (χ3v) is 1.87. The normalized spacial score (nSPS) is 12.2. The van der Waals surface area contributed by atoms with Crippen LogP contribution in [0.15, 0.2) is 0 Å². The molecule has 0 rings (SSSR count). The van der Waals surface area contributed by atoms with Gasteiger partial charge in [0.05, 0.1) is 0 Å². The van der Waals surface area contributed by atoms with Crippen LogP contribution >= 0.6 is 0 Å². The molecule has 0 aromatic carbocycles. The van der Waals surface area contributed by atoms with E-state index in [0.717, 1.165) is 13.0 Å². The second-order valence-electron chi connectivity index (χ2n) is 3.74. The second-order valence-corrected chi connectivity index (χ2v) is 3.74. The molecule has 0 fully saturated rings. The number of amides is 2. The summed E-state index contributed by atoms with van der Waals surface area (Å²) in [5.41, 5.74) is 5.21. The number of aliphatic carboxylic acids is 1. The van der Waals surface area contributed by atoms with Gasteiger partial charge in [-0.25, -0.2) is 4.79 Å². The molecule has 0 spiro atoms. The van der Waals surface area contributed by atoms with E-state index < -0.39 is 18.0 Å². The zero-order valence-electron chi connectivity index (χ0n) is 9.69. The molecule has 0 aromatic rings. The number of carboxylic acid groups (broad SMARTS) is 1. The van der Waals surface area contributed by atoms with Gasteiger partial charge >= 0.3 is 12.0 Å². The van der Waals surface area contributed by atoms with Gasteiger partial charge in [0.2, 0.25) is 0 Å². The SMILES string of the molecule is CN(C)CCCNC(=O)NCC(N)C(=O)O. The largest absolute Gasteiger partial charge is 0.480 e. The van der Waals surface area contributed by atoms with Gasteiger partial charge in [0, 0.05) is 13.1 Å². The third-order valence-electron chi connectivity index (χ3n) is 1.87. The fourth-order valence-electron chi connectivity index (χ4n) is 0.950. The van der Waals surface area contributed by atoms with Crippen molar-refractivity contribution < 1.29 is 14.7 Å². The number of nitrogens with one attached hydrogen (secondary N) is 2. The lowest BCUT2D eigenvalue weighted by molar-refractivity contribution is -0.138. The Bertz CT molecular complexity index is 233. The highest BCUT2D eigenvalue weighted by atomic mass is 16.4. The quantitative estimate of drug-likeness (QED) is 0.406. The molecule has 16 heavy (non-hydrogen) atoms. The summed E-state index contributed by atoms with van der Waals surface area (Å²) >= 11 is 0. The van der Waals surface area contributed by atoms with Crippen LogP contribution in [0.3, 0.4) is 0 Å². The topological polar surface area (TPSA) is 108 Å².